The van der Waals surface area contributed by atoms with Gasteiger partial charge in [0.1, 0.15) is 10.8 Å². The van der Waals surface area contributed by atoms with Gasteiger partial charge in [-0.25, -0.2) is 4.98 Å². The van der Waals surface area contributed by atoms with Crippen LogP contribution in [0.1, 0.15) is 50.4 Å². The van der Waals surface area contributed by atoms with Crippen LogP contribution in [0.2, 0.25) is 0 Å². The minimum Gasteiger partial charge on any atom is -0.300 e. The van der Waals surface area contributed by atoms with Crippen LogP contribution in [0.4, 0.5) is 5.13 Å². The normalized spacial score (nSPS) is 11.3. The number of carbonyl (C=O) groups excluding carboxylic acids is 1. The summed E-state index contributed by atoms with van der Waals surface area (Å²) in [6, 6.07) is 0. The quantitative estimate of drug-likeness (QED) is 0.792. The number of amides is 1. The van der Waals surface area contributed by atoms with Crippen molar-refractivity contribution in [3.63, 3.8) is 0 Å². The third kappa shape index (κ3) is 4.50. The molecule has 0 bridgehead atoms. The number of H-pyrrole nitrogens is 1. The lowest BCUT2D eigenvalue weighted by Gasteiger charge is -1.99. The fraction of sp³-hybridized carbons (Fsp3) is 0.583. The minimum atomic E-state index is -0.137. The Hall–Kier alpha value is -1.48. The average molecular weight is 326 g/mol. The van der Waals surface area contributed by atoms with Crippen molar-refractivity contribution in [1.82, 2.24) is 25.4 Å². The van der Waals surface area contributed by atoms with E-state index in [2.05, 4.69) is 30.7 Å². The van der Waals surface area contributed by atoms with Crippen LogP contribution in [0.25, 0.3) is 0 Å². The molecule has 2 N–H and O–H groups in total. The van der Waals surface area contributed by atoms with E-state index in [1.807, 2.05) is 27.7 Å². The minimum absolute atomic E-state index is 0.137. The Morgan fingerprint density at radius 2 is 2.05 bits per heavy atom. The molecule has 2 aromatic heterocycles. The number of hydrogen-bond donors (Lipinski definition) is 2. The summed E-state index contributed by atoms with van der Waals surface area (Å²) < 4.78 is 0. The average Bonchev–Trinajstić information content (AvgIpc) is 3.05. The van der Waals surface area contributed by atoms with Gasteiger partial charge in [0.15, 0.2) is 0 Å². The Kier molecular flexibility index (Phi) is 5.29. The fourth-order valence-electron chi connectivity index (χ4n) is 1.38. The zero-order valence-electron chi connectivity index (χ0n) is 12.4. The molecule has 0 saturated carbocycles. The monoisotopic (exact) mass is 326 g/mol. The maximum Gasteiger partial charge on any atom is 0.236 e. The highest BCUT2D eigenvalue weighted by Crippen LogP contribution is 2.23. The van der Waals surface area contributed by atoms with Crippen LogP contribution >= 0.6 is 23.1 Å². The zero-order chi connectivity index (χ0) is 15.4. The summed E-state index contributed by atoms with van der Waals surface area (Å²) in [7, 11) is 0. The number of thioether (sulfide) groups is 1. The van der Waals surface area contributed by atoms with Gasteiger partial charge in [0, 0.05) is 11.8 Å². The first-order chi connectivity index (χ1) is 9.95. The largest absolute Gasteiger partial charge is 0.300 e. The first-order valence-electron chi connectivity index (χ1n) is 6.64. The predicted octanol–water partition coefficient (Wildman–Crippen LogP) is 2.63. The summed E-state index contributed by atoms with van der Waals surface area (Å²) in [5, 5.41) is 19.7. The highest BCUT2D eigenvalue weighted by atomic mass is 32.2. The van der Waals surface area contributed by atoms with E-state index in [0.29, 0.717) is 16.2 Å². The summed E-state index contributed by atoms with van der Waals surface area (Å²) in [4.78, 5) is 16.2. The third-order valence-corrected chi connectivity index (χ3v) is 4.53. The molecular weight excluding hydrogens is 308 g/mol. The van der Waals surface area contributed by atoms with Crippen LogP contribution in [0.15, 0.2) is 5.16 Å². The van der Waals surface area contributed by atoms with Crippen molar-refractivity contribution in [1.29, 1.82) is 0 Å². The number of anilines is 1. The molecule has 0 unspecified atom stereocenters. The van der Waals surface area contributed by atoms with Crippen LogP contribution in [-0.2, 0) is 4.79 Å². The van der Waals surface area contributed by atoms with Gasteiger partial charge in [-0.05, 0) is 0 Å². The molecule has 0 fully saturated rings. The molecule has 2 heterocycles. The number of nitrogens with one attached hydrogen (secondary N) is 2. The van der Waals surface area contributed by atoms with Crippen molar-refractivity contribution in [2.75, 3.05) is 11.1 Å². The number of carbonyl (C=O) groups is 1. The second-order valence-corrected chi connectivity index (χ2v) is 7.05. The van der Waals surface area contributed by atoms with E-state index in [1.54, 1.807) is 0 Å². The summed E-state index contributed by atoms with van der Waals surface area (Å²) in [6.07, 6.45) is 0. The van der Waals surface area contributed by atoms with Gasteiger partial charge in [-0.2, -0.15) is 0 Å². The van der Waals surface area contributed by atoms with Crippen molar-refractivity contribution in [2.45, 2.75) is 44.7 Å². The predicted molar refractivity (Wildman–Crippen MR) is 83.8 cm³/mol. The molecule has 21 heavy (non-hydrogen) atoms. The van der Waals surface area contributed by atoms with Gasteiger partial charge in [-0.3, -0.25) is 15.2 Å². The summed E-state index contributed by atoms with van der Waals surface area (Å²) in [5.74, 6) is 1.53. The van der Waals surface area contributed by atoms with E-state index in [-0.39, 0.29) is 17.6 Å². The second-order valence-electron chi connectivity index (χ2n) is 5.09. The first-order valence-corrected chi connectivity index (χ1v) is 8.44. The van der Waals surface area contributed by atoms with Crippen LogP contribution < -0.4 is 5.32 Å². The Labute approximate surface area is 131 Å². The van der Waals surface area contributed by atoms with E-state index < -0.39 is 0 Å². The summed E-state index contributed by atoms with van der Waals surface area (Å²) in [5.41, 5.74) is 0. The molecule has 0 aromatic carbocycles. The van der Waals surface area contributed by atoms with Gasteiger partial charge < -0.3 is 0 Å². The topological polar surface area (TPSA) is 96.5 Å². The molecular formula is C12H18N6OS2. The maximum atomic E-state index is 11.8. The molecule has 2 rings (SSSR count). The molecule has 0 atom stereocenters. The van der Waals surface area contributed by atoms with Crippen molar-refractivity contribution in [3.05, 3.63) is 10.8 Å². The Morgan fingerprint density at radius 1 is 1.29 bits per heavy atom. The van der Waals surface area contributed by atoms with Gasteiger partial charge in [-0.1, -0.05) is 50.8 Å². The molecule has 0 aliphatic heterocycles. The van der Waals surface area contributed by atoms with E-state index in [9.17, 15) is 4.79 Å². The van der Waals surface area contributed by atoms with Crippen molar-refractivity contribution >= 4 is 34.1 Å². The van der Waals surface area contributed by atoms with Crippen molar-refractivity contribution in [2.24, 2.45) is 0 Å². The van der Waals surface area contributed by atoms with Gasteiger partial charge in [0.05, 0.1) is 5.75 Å². The standard InChI is InChI=1S/C12H18N6OS2/c1-6(2)9-14-11(17-15-9)20-5-8(19)13-12-18-16-10(21-12)7(3)4/h6-7H,5H2,1-4H3,(H,13,18,19)(H,14,15,17). The number of nitrogens with zero attached hydrogens (tertiary/aromatic N) is 4. The Bertz CT molecular complexity index is 606. The molecule has 9 heteroatoms. The Morgan fingerprint density at radius 3 is 2.62 bits per heavy atom. The van der Waals surface area contributed by atoms with Gasteiger partial charge >= 0.3 is 0 Å². The SMILES string of the molecule is CC(C)c1nc(SCC(=O)Nc2nnc(C(C)C)s2)n[nH]1. The lowest BCUT2D eigenvalue weighted by molar-refractivity contribution is -0.113. The highest BCUT2D eigenvalue weighted by molar-refractivity contribution is 7.99. The molecule has 0 spiro atoms. The fourth-order valence-corrected chi connectivity index (χ4v) is 2.75. The summed E-state index contributed by atoms with van der Waals surface area (Å²) >= 11 is 2.69. The molecule has 2 aromatic rings. The lowest BCUT2D eigenvalue weighted by atomic mass is 10.2. The molecule has 0 aliphatic rings. The molecule has 114 valence electrons. The first kappa shape index (κ1) is 15.9. The van der Waals surface area contributed by atoms with E-state index in [0.717, 1.165) is 10.8 Å². The molecule has 1 amide bonds. The van der Waals surface area contributed by atoms with Gasteiger partial charge in [0.2, 0.25) is 16.2 Å². The number of aromatic amines is 1. The van der Waals surface area contributed by atoms with E-state index >= 15 is 0 Å². The van der Waals surface area contributed by atoms with Gasteiger partial charge in [0.25, 0.3) is 0 Å². The molecule has 0 aliphatic carbocycles. The second kappa shape index (κ2) is 6.99. The molecule has 7 nitrogen and oxygen atoms in total. The highest BCUT2D eigenvalue weighted by Gasteiger charge is 2.12. The van der Waals surface area contributed by atoms with Crippen LogP contribution in [0, 0.1) is 0 Å². The number of hydrogen-bond acceptors (Lipinski definition) is 7. The van der Waals surface area contributed by atoms with Crippen LogP contribution in [0.5, 0.6) is 0 Å². The smallest absolute Gasteiger partial charge is 0.236 e. The maximum absolute atomic E-state index is 11.8. The third-order valence-electron chi connectivity index (χ3n) is 2.54. The van der Waals surface area contributed by atoms with Gasteiger partial charge in [-0.15, -0.1) is 15.3 Å². The van der Waals surface area contributed by atoms with E-state index in [1.165, 1.54) is 23.1 Å². The number of aromatic nitrogens is 5. The van der Waals surface area contributed by atoms with Crippen LogP contribution in [-0.4, -0.2) is 37.0 Å². The summed E-state index contributed by atoms with van der Waals surface area (Å²) in [6.45, 7) is 8.14. The number of rotatable bonds is 6. The van der Waals surface area contributed by atoms with Crippen molar-refractivity contribution < 1.29 is 4.79 Å². The Balaban J connectivity index is 1.83. The zero-order valence-corrected chi connectivity index (χ0v) is 14.0. The van der Waals surface area contributed by atoms with E-state index in [4.69, 9.17) is 0 Å². The molecule has 0 radical (unpaired) electrons. The molecule has 0 saturated heterocycles. The lowest BCUT2D eigenvalue weighted by Crippen LogP contribution is -2.13. The van der Waals surface area contributed by atoms with Crippen molar-refractivity contribution in [3.8, 4) is 0 Å². The van der Waals surface area contributed by atoms with Crippen LogP contribution in [0.3, 0.4) is 0 Å².